The summed E-state index contributed by atoms with van der Waals surface area (Å²) in [7, 11) is 0. The minimum Gasteiger partial charge on any atom is -0.391 e. The van der Waals surface area contributed by atoms with Gasteiger partial charge >= 0.3 is 0 Å². The summed E-state index contributed by atoms with van der Waals surface area (Å²) in [4.78, 5) is 6.91. The molecule has 3 aliphatic rings. The van der Waals surface area contributed by atoms with E-state index in [0.29, 0.717) is 12.0 Å². The van der Waals surface area contributed by atoms with Crippen molar-refractivity contribution < 1.29 is 5.11 Å². The zero-order valence-electron chi connectivity index (χ0n) is 10.2. The Morgan fingerprint density at radius 2 is 2.22 bits per heavy atom. The van der Waals surface area contributed by atoms with Gasteiger partial charge in [0.05, 0.1) is 11.8 Å². The first-order chi connectivity index (χ1) is 8.72. The van der Waals surface area contributed by atoms with Gasteiger partial charge in [-0.2, -0.15) is 0 Å². The van der Waals surface area contributed by atoms with E-state index in [2.05, 4.69) is 31.9 Å². The summed E-state index contributed by atoms with van der Waals surface area (Å²) in [6.45, 7) is 2.04. The monoisotopic (exact) mass is 308 g/mol. The topological polar surface area (TPSA) is 36.4 Å². The lowest BCUT2D eigenvalue weighted by molar-refractivity contribution is 0.0480. The Hall–Kier alpha value is -0.450. The summed E-state index contributed by atoms with van der Waals surface area (Å²) < 4.78 is 1.02. The fraction of sp³-hybridized carbons (Fsp3) is 0.643. The van der Waals surface area contributed by atoms with E-state index < -0.39 is 0 Å². The van der Waals surface area contributed by atoms with Crippen LogP contribution in [0.2, 0.25) is 0 Å². The smallest absolute Gasteiger partial charge is 0.0726 e. The van der Waals surface area contributed by atoms with Gasteiger partial charge in [-0.1, -0.05) is 0 Å². The molecule has 0 radical (unpaired) electrons. The first kappa shape index (κ1) is 11.4. The van der Waals surface area contributed by atoms with Crippen LogP contribution >= 0.6 is 15.9 Å². The van der Waals surface area contributed by atoms with Crippen molar-refractivity contribution in [1.29, 1.82) is 0 Å². The van der Waals surface area contributed by atoms with Gasteiger partial charge < -0.3 is 5.11 Å². The fourth-order valence-electron chi connectivity index (χ4n) is 4.43. The zero-order valence-corrected chi connectivity index (χ0v) is 11.8. The zero-order chi connectivity index (χ0) is 12.3. The van der Waals surface area contributed by atoms with E-state index in [1.165, 1.54) is 12.8 Å². The van der Waals surface area contributed by atoms with Crippen LogP contribution in [-0.4, -0.2) is 33.7 Å². The second kappa shape index (κ2) is 4.02. The van der Waals surface area contributed by atoms with Crippen LogP contribution in [0.5, 0.6) is 0 Å². The molecule has 0 amide bonds. The summed E-state index contributed by atoms with van der Waals surface area (Å²) in [6.07, 6.45) is 4.26. The number of halogens is 1. The van der Waals surface area contributed by atoms with E-state index in [1.54, 1.807) is 0 Å². The molecule has 4 rings (SSSR count). The predicted octanol–water partition coefficient (Wildman–Crippen LogP) is 2.05. The van der Waals surface area contributed by atoms with Gasteiger partial charge in [-0.15, -0.1) is 0 Å². The quantitative estimate of drug-likeness (QED) is 0.908. The van der Waals surface area contributed by atoms with E-state index in [1.807, 2.05) is 12.3 Å². The summed E-state index contributed by atoms with van der Waals surface area (Å²) in [5.41, 5.74) is 1.11. The number of hydrogen-bond donors (Lipinski definition) is 1. The Balaban J connectivity index is 1.55. The molecular formula is C14H17BrN2O. The highest BCUT2D eigenvalue weighted by Crippen LogP contribution is 2.55. The molecule has 1 saturated heterocycles. The third kappa shape index (κ3) is 1.59. The molecule has 1 aliphatic heterocycles. The Bertz CT molecular complexity index is 461. The molecule has 0 aromatic carbocycles. The number of nitrogens with zero attached hydrogens (tertiary/aromatic N) is 2. The van der Waals surface area contributed by atoms with Crippen LogP contribution in [0, 0.1) is 17.8 Å². The summed E-state index contributed by atoms with van der Waals surface area (Å²) >= 11 is 3.41. The maximum atomic E-state index is 10.3. The molecule has 2 heterocycles. The van der Waals surface area contributed by atoms with Crippen LogP contribution in [0.1, 0.15) is 18.5 Å². The van der Waals surface area contributed by atoms with Crippen LogP contribution in [0.4, 0.5) is 0 Å². The highest BCUT2D eigenvalue weighted by atomic mass is 79.9. The van der Waals surface area contributed by atoms with Gasteiger partial charge in [-0.3, -0.25) is 9.88 Å². The van der Waals surface area contributed by atoms with Gasteiger partial charge in [0.2, 0.25) is 0 Å². The molecule has 96 valence electrons. The highest BCUT2D eigenvalue weighted by Gasteiger charge is 2.58. The van der Waals surface area contributed by atoms with E-state index >= 15 is 0 Å². The SMILES string of the molecule is OC1C2CC3CN(Cc4ccc(Br)cn4)C1C3C2. The van der Waals surface area contributed by atoms with Crippen molar-refractivity contribution >= 4 is 15.9 Å². The molecule has 3 nitrogen and oxygen atoms in total. The van der Waals surface area contributed by atoms with Gasteiger partial charge in [0, 0.05) is 29.8 Å². The van der Waals surface area contributed by atoms with E-state index in [4.69, 9.17) is 0 Å². The van der Waals surface area contributed by atoms with E-state index in [0.717, 1.165) is 35.1 Å². The number of pyridine rings is 1. The average molecular weight is 309 g/mol. The van der Waals surface area contributed by atoms with Crippen molar-refractivity contribution in [2.45, 2.75) is 31.5 Å². The Kier molecular flexibility index (Phi) is 2.54. The molecular weight excluding hydrogens is 292 g/mol. The Labute approximate surface area is 115 Å². The first-order valence-corrected chi connectivity index (χ1v) is 7.54. The lowest BCUT2D eigenvalue weighted by atomic mass is 9.88. The Morgan fingerprint density at radius 1 is 1.33 bits per heavy atom. The molecule has 5 unspecified atom stereocenters. The lowest BCUT2D eigenvalue weighted by Crippen LogP contribution is -2.40. The molecule has 1 aromatic rings. The minimum absolute atomic E-state index is 0.0933. The standard InChI is InChI=1S/C14H17BrN2O/c15-10-1-2-11(16-5-10)7-17-6-9-3-8-4-12(9)13(17)14(8)18/h1-2,5,8-9,12-14,18H,3-4,6-7H2. The van der Waals surface area contributed by atoms with Gasteiger partial charge in [0.25, 0.3) is 0 Å². The molecule has 5 atom stereocenters. The predicted molar refractivity (Wildman–Crippen MR) is 71.8 cm³/mol. The van der Waals surface area contributed by atoms with E-state index in [9.17, 15) is 5.11 Å². The molecule has 2 bridgehead atoms. The van der Waals surface area contributed by atoms with Crippen LogP contribution in [0.25, 0.3) is 0 Å². The van der Waals surface area contributed by atoms with Crippen molar-refractivity contribution in [1.82, 2.24) is 9.88 Å². The number of aliphatic hydroxyl groups is 1. The average Bonchev–Trinajstić information content (AvgIpc) is 2.94. The van der Waals surface area contributed by atoms with E-state index in [-0.39, 0.29) is 6.10 Å². The van der Waals surface area contributed by atoms with Gasteiger partial charge in [-0.25, -0.2) is 0 Å². The largest absolute Gasteiger partial charge is 0.391 e. The molecule has 2 saturated carbocycles. The van der Waals surface area contributed by atoms with Gasteiger partial charge in [-0.05, 0) is 58.7 Å². The fourth-order valence-corrected chi connectivity index (χ4v) is 4.66. The van der Waals surface area contributed by atoms with Crippen LogP contribution < -0.4 is 0 Å². The summed E-state index contributed by atoms with van der Waals surface area (Å²) in [5.74, 6) is 2.16. The van der Waals surface area contributed by atoms with Crippen molar-refractivity contribution in [3.8, 4) is 0 Å². The molecule has 2 aliphatic carbocycles. The number of fused-ring (bicyclic) bond motifs is 1. The third-order valence-corrected chi connectivity index (χ3v) is 5.57. The normalized spacial score (nSPS) is 41.8. The van der Waals surface area contributed by atoms with Crippen molar-refractivity contribution in [3.05, 3.63) is 28.5 Å². The van der Waals surface area contributed by atoms with Crippen molar-refractivity contribution in [2.75, 3.05) is 6.54 Å². The first-order valence-electron chi connectivity index (χ1n) is 6.75. The van der Waals surface area contributed by atoms with Crippen LogP contribution in [0.3, 0.4) is 0 Å². The third-order valence-electron chi connectivity index (χ3n) is 5.10. The van der Waals surface area contributed by atoms with Crippen molar-refractivity contribution in [3.63, 3.8) is 0 Å². The molecule has 0 spiro atoms. The minimum atomic E-state index is -0.0933. The number of likely N-dealkylation sites (tertiary alicyclic amines) is 1. The number of hydrogen-bond acceptors (Lipinski definition) is 3. The summed E-state index contributed by atoms with van der Waals surface area (Å²) in [5, 5.41) is 10.3. The second-order valence-electron chi connectivity index (χ2n) is 6.03. The maximum absolute atomic E-state index is 10.3. The molecule has 4 heteroatoms. The molecule has 18 heavy (non-hydrogen) atoms. The number of rotatable bonds is 2. The molecule has 1 aromatic heterocycles. The maximum Gasteiger partial charge on any atom is 0.0726 e. The summed E-state index contributed by atoms with van der Waals surface area (Å²) in [6, 6.07) is 4.52. The number of aromatic nitrogens is 1. The van der Waals surface area contributed by atoms with Gasteiger partial charge in [0.15, 0.2) is 0 Å². The number of aliphatic hydroxyl groups excluding tert-OH is 1. The second-order valence-corrected chi connectivity index (χ2v) is 6.95. The lowest BCUT2D eigenvalue weighted by Gasteiger charge is -2.28. The van der Waals surface area contributed by atoms with Crippen LogP contribution in [0.15, 0.2) is 22.8 Å². The van der Waals surface area contributed by atoms with Crippen molar-refractivity contribution in [2.24, 2.45) is 17.8 Å². The highest BCUT2D eigenvalue weighted by molar-refractivity contribution is 9.10. The Morgan fingerprint density at radius 3 is 2.94 bits per heavy atom. The van der Waals surface area contributed by atoms with Gasteiger partial charge in [0.1, 0.15) is 0 Å². The van der Waals surface area contributed by atoms with Crippen LogP contribution in [-0.2, 0) is 6.54 Å². The molecule has 1 N–H and O–H groups in total. The molecule has 3 fully saturated rings.